The van der Waals surface area contributed by atoms with Crippen molar-refractivity contribution in [3.05, 3.63) is 48.6 Å². The van der Waals surface area contributed by atoms with Crippen molar-refractivity contribution in [2.24, 2.45) is 0 Å². The average molecular weight is 201 g/mol. The van der Waals surface area contributed by atoms with Crippen LogP contribution in [0.1, 0.15) is 32.3 Å². The molecule has 1 aliphatic heterocycles. The van der Waals surface area contributed by atoms with Gasteiger partial charge < -0.3 is 0 Å². The maximum atomic E-state index is 3.81. The summed E-state index contributed by atoms with van der Waals surface area (Å²) in [6.07, 6.45) is 4.19. The Labute approximate surface area is 92.2 Å². The lowest BCUT2D eigenvalue weighted by atomic mass is 9.84. The number of rotatable bonds is 4. The highest BCUT2D eigenvalue weighted by molar-refractivity contribution is 5.38. The quantitative estimate of drug-likeness (QED) is 0.586. The Kier molecular flexibility index (Phi) is 2.43. The second-order valence-electron chi connectivity index (χ2n) is 4.85. The number of hydrogen-bond donors (Lipinski definition) is 1. The van der Waals surface area contributed by atoms with Crippen LogP contribution in [0.25, 0.3) is 0 Å². The van der Waals surface area contributed by atoms with Gasteiger partial charge in [0.15, 0.2) is 0 Å². The Morgan fingerprint density at radius 1 is 1.27 bits per heavy atom. The second kappa shape index (κ2) is 3.49. The van der Waals surface area contributed by atoms with Crippen molar-refractivity contribution >= 4 is 0 Å². The van der Waals surface area contributed by atoms with Gasteiger partial charge in [-0.05, 0) is 32.3 Å². The summed E-state index contributed by atoms with van der Waals surface area (Å²) >= 11 is 0. The molecule has 2 rings (SSSR count). The number of nitrogens with one attached hydrogen (secondary N) is 1. The molecule has 15 heavy (non-hydrogen) atoms. The normalized spacial score (nSPS) is 27.3. The molecule has 1 heterocycles. The van der Waals surface area contributed by atoms with Gasteiger partial charge in [-0.2, -0.15) is 0 Å². The maximum Gasteiger partial charge on any atom is 0.0621 e. The lowest BCUT2D eigenvalue weighted by Crippen LogP contribution is -2.18. The molecule has 0 bridgehead atoms. The van der Waals surface area contributed by atoms with Gasteiger partial charge in [0, 0.05) is 5.54 Å². The first-order chi connectivity index (χ1) is 7.12. The van der Waals surface area contributed by atoms with Crippen LogP contribution in [0.5, 0.6) is 0 Å². The van der Waals surface area contributed by atoms with Crippen molar-refractivity contribution in [1.29, 1.82) is 0 Å². The Morgan fingerprint density at radius 3 is 2.33 bits per heavy atom. The first-order valence-electron chi connectivity index (χ1n) is 5.58. The van der Waals surface area contributed by atoms with Crippen molar-refractivity contribution in [1.82, 2.24) is 5.32 Å². The molecule has 0 spiro atoms. The Balaban J connectivity index is 2.26. The van der Waals surface area contributed by atoms with Crippen molar-refractivity contribution in [3.8, 4) is 0 Å². The Hall–Kier alpha value is -1.08. The van der Waals surface area contributed by atoms with Gasteiger partial charge in [0.1, 0.15) is 0 Å². The fourth-order valence-electron chi connectivity index (χ4n) is 2.50. The maximum absolute atomic E-state index is 3.81. The standard InChI is InChI=1S/C14H19N/c1-4-5-11-14(13(2,3)15-14)12-9-7-6-8-10-12/h4,6-10,15H,1,5,11H2,2-3H3. The molecule has 1 unspecified atom stereocenters. The van der Waals surface area contributed by atoms with Gasteiger partial charge in [0.2, 0.25) is 0 Å². The zero-order valence-electron chi connectivity index (χ0n) is 9.59. The molecule has 1 aromatic rings. The molecule has 0 saturated carbocycles. The van der Waals surface area contributed by atoms with E-state index in [0.717, 1.165) is 12.8 Å². The van der Waals surface area contributed by atoms with E-state index in [2.05, 4.69) is 56.1 Å². The van der Waals surface area contributed by atoms with Crippen LogP contribution in [0.4, 0.5) is 0 Å². The highest BCUT2D eigenvalue weighted by atomic mass is 15.3. The van der Waals surface area contributed by atoms with E-state index >= 15 is 0 Å². The van der Waals surface area contributed by atoms with E-state index in [4.69, 9.17) is 0 Å². The molecule has 1 heteroatoms. The monoisotopic (exact) mass is 201 g/mol. The van der Waals surface area contributed by atoms with Crippen molar-refractivity contribution in [3.63, 3.8) is 0 Å². The van der Waals surface area contributed by atoms with Gasteiger partial charge in [-0.25, -0.2) is 0 Å². The third-order valence-corrected chi connectivity index (χ3v) is 3.52. The van der Waals surface area contributed by atoms with E-state index in [1.165, 1.54) is 5.56 Å². The molecule has 80 valence electrons. The van der Waals surface area contributed by atoms with Crippen molar-refractivity contribution in [2.45, 2.75) is 37.8 Å². The number of hydrogen-bond acceptors (Lipinski definition) is 1. The number of benzene rings is 1. The van der Waals surface area contributed by atoms with Crippen molar-refractivity contribution in [2.75, 3.05) is 0 Å². The van der Waals surface area contributed by atoms with Crippen LogP contribution in [0, 0.1) is 0 Å². The van der Waals surface area contributed by atoms with E-state index in [1.54, 1.807) is 0 Å². The minimum Gasteiger partial charge on any atom is -0.299 e. The molecule has 0 radical (unpaired) electrons. The number of allylic oxidation sites excluding steroid dienone is 1. The van der Waals surface area contributed by atoms with Crippen LogP contribution in [0.2, 0.25) is 0 Å². The summed E-state index contributed by atoms with van der Waals surface area (Å²) in [6.45, 7) is 8.34. The van der Waals surface area contributed by atoms with Gasteiger partial charge in [0.05, 0.1) is 5.54 Å². The highest BCUT2D eigenvalue weighted by Gasteiger charge is 2.60. The molecule has 0 amide bonds. The Morgan fingerprint density at radius 2 is 1.87 bits per heavy atom. The molecule has 1 fully saturated rings. The van der Waals surface area contributed by atoms with Gasteiger partial charge in [-0.3, -0.25) is 5.32 Å². The zero-order chi connectivity index (χ0) is 10.9. The van der Waals surface area contributed by atoms with Crippen LogP contribution in [-0.4, -0.2) is 5.54 Å². The summed E-state index contributed by atoms with van der Waals surface area (Å²) in [4.78, 5) is 0. The summed E-state index contributed by atoms with van der Waals surface area (Å²) in [5, 5.41) is 3.62. The molecule has 1 nitrogen and oxygen atoms in total. The molecule has 1 N–H and O–H groups in total. The lowest BCUT2D eigenvalue weighted by Gasteiger charge is -2.17. The highest BCUT2D eigenvalue weighted by Crippen LogP contribution is 2.50. The van der Waals surface area contributed by atoms with Gasteiger partial charge >= 0.3 is 0 Å². The first-order valence-corrected chi connectivity index (χ1v) is 5.58. The largest absolute Gasteiger partial charge is 0.299 e. The summed E-state index contributed by atoms with van der Waals surface area (Å²) in [5.74, 6) is 0. The molecule has 1 saturated heterocycles. The minimum atomic E-state index is 0.169. The average Bonchev–Trinajstić information content (AvgIpc) is 2.81. The second-order valence-corrected chi connectivity index (χ2v) is 4.85. The van der Waals surface area contributed by atoms with Gasteiger partial charge in [-0.1, -0.05) is 36.4 Å². The zero-order valence-corrected chi connectivity index (χ0v) is 9.59. The molecule has 1 aromatic carbocycles. The SMILES string of the molecule is C=CCCC1(c2ccccc2)NC1(C)C. The molecule has 0 aliphatic carbocycles. The first kappa shape index (κ1) is 10.4. The lowest BCUT2D eigenvalue weighted by molar-refractivity contribution is 0.541. The summed E-state index contributed by atoms with van der Waals surface area (Å²) in [7, 11) is 0. The van der Waals surface area contributed by atoms with Crippen LogP contribution in [-0.2, 0) is 5.54 Å². The molecule has 0 aromatic heterocycles. The van der Waals surface area contributed by atoms with Crippen LogP contribution in [0.3, 0.4) is 0 Å². The van der Waals surface area contributed by atoms with Gasteiger partial charge in [-0.15, -0.1) is 6.58 Å². The predicted molar refractivity (Wildman–Crippen MR) is 64.8 cm³/mol. The Bertz CT molecular complexity index is 353. The fraction of sp³-hybridized carbons (Fsp3) is 0.429. The van der Waals surface area contributed by atoms with Crippen molar-refractivity contribution < 1.29 is 0 Å². The van der Waals surface area contributed by atoms with E-state index < -0.39 is 0 Å². The summed E-state index contributed by atoms with van der Waals surface area (Å²) in [6, 6.07) is 10.7. The summed E-state index contributed by atoms with van der Waals surface area (Å²) < 4.78 is 0. The molecule has 1 aliphatic rings. The van der Waals surface area contributed by atoms with E-state index in [0.29, 0.717) is 0 Å². The van der Waals surface area contributed by atoms with Crippen LogP contribution in [0.15, 0.2) is 43.0 Å². The molecular weight excluding hydrogens is 182 g/mol. The van der Waals surface area contributed by atoms with E-state index in [-0.39, 0.29) is 11.1 Å². The van der Waals surface area contributed by atoms with Crippen LogP contribution < -0.4 is 5.32 Å². The summed E-state index contributed by atoms with van der Waals surface area (Å²) in [5.41, 5.74) is 1.79. The predicted octanol–water partition coefficient (Wildman–Crippen LogP) is 3.23. The molecule has 1 atom stereocenters. The minimum absolute atomic E-state index is 0.169. The topological polar surface area (TPSA) is 21.9 Å². The van der Waals surface area contributed by atoms with E-state index in [1.807, 2.05) is 6.08 Å². The van der Waals surface area contributed by atoms with E-state index in [9.17, 15) is 0 Å². The third kappa shape index (κ3) is 1.61. The van der Waals surface area contributed by atoms with Gasteiger partial charge in [0.25, 0.3) is 0 Å². The molecular formula is C14H19N. The smallest absolute Gasteiger partial charge is 0.0621 e. The fourth-order valence-corrected chi connectivity index (χ4v) is 2.50. The van der Waals surface area contributed by atoms with Crippen LogP contribution >= 0.6 is 0 Å². The third-order valence-electron chi connectivity index (χ3n) is 3.52.